The first kappa shape index (κ1) is 22.0. The summed E-state index contributed by atoms with van der Waals surface area (Å²) in [6.45, 7) is 0. The van der Waals surface area contributed by atoms with E-state index in [-0.39, 0.29) is 29.6 Å². The molecule has 0 amide bonds. The SMILES string of the molecule is Cl.N=C(N)c1ccc(-c2ccc(-c3ccc(C(=N)N)cc3)c(C(F)(F)F)c2)cc1. The number of nitrogens with two attached hydrogens (primary N) is 2. The summed E-state index contributed by atoms with van der Waals surface area (Å²) >= 11 is 0. The van der Waals surface area contributed by atoms with Gasteiger partial charge in [0.05, 0.1) is 5.56 Å². The average Bonchev–Trinajstić information content (AvgIpc) is 2.67. The van der Waals surface area contributed by atoms with Crippen LogP contribution in [0.3, 0.4) is 0 Å². The van der Waals surface area contributed by atoms with E-state index in [4.69, 9.17) is 22.3 Å². The lowest BCUT2D eigenvalue weighted by atomic mass is 9.93. The summed E-state index contributed by atoms with van der Waals surface area (Å²) in [6.07, 6.45) is -4.54. The van der Waals surface area contributed by atoms with Gasteiger partial charge in [0.1, 0.15) is 11.7 Å². The highest BCUT2D eigenvalue weighted by molar-refractivity contribution is 5.96. The Labute approximate surface area is 171 Å². The predicted molar refractivity (Wildman–Crippen MR) is 112 cm³/mol. The number of rotatable bonds is 4. The molecule has 3 aromatic carbocycles. The largest absolute Gasteiger partial charge is 0.417 e. The summed E-state index contributed by atoms with van der Waals surface area (Å²) in [7, 11) is 0. The summed E-state index contributed by atoms with van der Waals surface area (Å²) in [5.74, 6) is -0.251. The molecule has 0 atom stereocenters. The fourth-order valence-corrected chi connectivity index (χ4v) is 2.88. The van der Waals surface area contributed by atoms with Gasteiger partial charge in [0, 0.05) is 11.1 Å². The van der Waals surface area contributed by atoms with Crippen LogP contribution >= 0.6 is 12.4 Å². The molecule has 6 N–H and O–H groups in total. The normalized spacial score (nSPS) is 10.9. The third-order valence-corrected chi connectivity index (χ3v) is 4.36. The summed E-state index contributed by atoms with van der Waals surface area (Å²) < 4.78 is 41.1. The average molecular weight is 419 g/mol. The van der Waals surface area contributed by atoms with Crippen molar-refractivity contribution in [2.24, 2.45) is 11.5 Å². The number of nitrogens with one attached hydrogen (secondary N) is 2. The van der Waals surface area contributed by atoms with Crippen molar-refractivity contribution in [3.63, 3.8) is 0 Å². The molecule has 3 rings (SSSR count). The minimum absolute atomic E-state index is 0. The number of nitrogen functional groups attached to an aromatic ring is 2. The Morgan fingerprint density at radius 3 is 1.48 bits per heavy atom. The van der Waals surface area contributed by atoms with Crippen LogP contribution in [0.15, 0.2) is 66.7 Å². The summed E-state index contributed by atoms with van der Waals surface area (Å²) in [5, 5.41) is 14.8. The van der Waals surface area contributed by atoms with Gasteiger partial charge in [-0.1, -0.05) is 60.7 Å². The lowest BCUT2D eigenvalue weighted by Gasteiger charge is -2.15. The van der Waals surface area contributed by atoms with Gasteiger partial charge < -0.3 is 11.5 Å². The third kappa shape index (κ3) is 4.75. The first-order valence-electron chi connectivity index (χ1n) is 8.28. The minimum Gasteiger partial charge on any atom is -0.384 e. The first-order chi connectivity index (χ1) is 13.2. The molecule has 150 valence electrons. The molecule has 8 heteroatoms. The maximum atomic E-state index is 13.7. The number of benzene rings is 3. The van der Waals surface area contributed by atoms with Crippen molar-refractivity contribution in [2.75, 3.05) is 0 Å². The van der Waals surface area contributed by atoms with Crippen LogP contribution in [0.5, 0.6) is 0 Å². The quantitative estimate of drug-likeness (QED) is 0.353. The van der Waals surface area contributed by atoms with Crippen LogP contribution in [0.1, 0.15) is 16.7 Å². The molecule has 0 spiro atoms. The number of halogens is 4. The highest BCUT2D eigenvalue weighted by Crippen LogP contribution is 2.39. The van der Waals surface area contributed by atoms with E-state index in [0.717, 1.165) is 6.07 Å². The molecule has 0 radical (unpaired) electrons. The second-order valence-corrected chi connectivity index (χ2v) is 6.24. The lowest BCUT2D eigenvalue weighted by molar-refractivity contribution is -0.137. The smallest absolute Gasteiger partial charge is 0.384 e. The molecule has 0 aliphatic carbocycles. The van der Waals surface area contributed by atoms with E-state index < -0.39 is 11.7 Å². The van der Waals surface area contributed by atoms with Gasteiger partial charge in [0.2, 0.25) is 0 Å². The molecule has 0 fully saturated rings. The lowest BCUT2D eigenvalue weighted by Crippen LogP contribution is -2.11. The fraction of sp³-hybridized carbons (Fsp3) is 0.0476. The third-order valence-electron chi connectivity index (χ3n) is 4.36. The molecule has 0 saturated carbocycles. The van der Waals surface area contributed by atoms with Crippen LogP contribution in [-0.4, -0.2) is 11.7 Å². The van der Waals surface area contributed by atoms with E-state index in [0.29, 0.717) is 27.8 Å². The molecule has 0 bridgehead atoms. The second-order valence-electron chi connectivity index (χ2n) is 6.24. The van der Waals surface area contributed by atoms with Crippen molar-refractivity contribution in [1.29, 1.82) is 10.8 Å². The Bertz CT molecular complexity index is 1040. The zero-order valence-electron chi connectivity index (χ0n) is 15.0. The number of alkyl halides is 3. The molecule has 29 heavy (non-hydrogen) atoms. The van der Waals surface area contributed by atoms with Crippen LogP contribution in [0.4, 0.5) is 13.2 Å². The Hall–Kier alpha value is -3.32. The Morgan fingerprint density at radius 2 is 1.07 bits per heavy atom. The molecular weight excluding hydrogens is 401 g/mol. The van der Waals surface area contributed by atoms with E-state index in [1.54, 1.807) is 30.3 Å². The zero-order valence-corrected chi connectivity index (χ0v) is 15.9. The molecule has 0 heterocycles. The van der Waals surface area contributed by atoms with Crippen molar-refractivity contribution in [3.05, 3.63) is 83.4 Å². The maximum Gasteiger partial charge on any atom is 0.417 e. The Morgan fingerprint density at radius 1 is 0.655 bits per heavy atom. The van der Waals surface area contributed by atoms with Crippen molar-refractivity contribution in [3.8, 4) is 22.3 Å². The van der Waals surface area contributed by atoms with E-state index in [9.17, 15) is 13.2 Å². The van der Waals surface area contributed by atoms with Gasteiger partial charge in [-0.05, 0) is 28.3 Å². The zero-order chi connectivity index (χ0) is 20.5. The van der Waals surface area contributed by atoms with Crippen LogP contribution < -0.4 is 11.5 Å². The van der Waals surface area contributed by atoms with Crippen molar-refractivity contribution < 1.29 is 13.2 Å². The highest BCUT2D eigenvalue weighted by atomic mass is 35.5. The van der Waals surface area contributed by atoms with Gasteiger partial charge in [-0.2, -0.15) is 13.2 Å². The first-order valence-corrected chi connectivity index (χ1v) is 8.28. The summed E-state index contributed by atoms with van der Waals surface area (Å²) in [6, 6.07) is 16.7. The molecular formula is C21H18ClF3N4. The topological polar surface area (TPSA) is 99.7 Å². The molecule has 0 saturated heterocycles. The molecule has 3 aromatic rings. The fourth-order valence-electron chi connectivity index (χ4n) is 2.88. The van der Waals surface area contributed by atoms with Gasteiger partial charge in [0.25, 0.3) is 0 Å². The monoisotopic (exact) mass is 418 g/mol. The molecule has 0 aliphatic heterocycles. The summed E-state index contributed by atoms with van der Waals surface area (Å²) in [5.41, 5.74) is 12.4. The van der Waals surface area contributed by atoms with E-state index in [1.165, 1.54) is 30.3 Å². The minimum atomic E-state index is -4.54. The van der Waals surface area contributed by atoms with Crippen molar-refractivity contribution in [2.45, 2.75) is 6.18 Å². The highest BCUT2D eigenvalue weighted by Gasteiger charge is 2.34. The Balaban J connectivity index is 0.00000300. The Kier molecular flexibility index (Phi) is 6.34. The van der Waals surface area contributed by atoms with E-state index >= 15 is 0 Å². The van der Waals surface area contributed by atoms with Crippen molar-refractivity contribution >= 4 is 24.1 Å². The number of hydrogen-bond donors (Lipinski definition) is 4. The van der Waals surface area contributed by atoms with Crippen LogP contribution in [-0.2, 0) is 6.18 Å². The van der Waals surface area contributed by atoms with Gasteiger partial charge in [0.15, 0.2) is 0 Å². The van der Waals surface area contributed by atoms with Crippen LogP contribution in [0.25, 0.3) is 22.3 Å². The predicted octanol–water partition coefficient (Wildman–Crippen LogP) is 5.03. The standard InChI is InChI=1S/C21H17F3N4.ClH/c22-21(23,24)18-11-16(12-1-5-14(6-2-12)19(25)26)9-10-17(18)13-3-7-15(8-4-13)20(27)28;/h1-11H,(H3,25,26)(H3,27,28);1H. The van der Waals surface area contributed by atoms with Gasteiger partial charge in [-0.15, -0.1) is 12.4 Å². The molecule has 0 aromatic heterocycles. The van der Waals surface area contributed by atoms with Crippen LogP contribution in [0.2, 0.25) is 0 Å². The van der Waals surface area contributed by atoms with Gasteiger partial charge in [-0.3, -0.25) is 10.8 Å². The molecule has 0 unspecified atom stereocenters. The summed E-state index contributed by atoms with van der Waals surface area (Å²) in [4.78, 5) is 0. The van der Waals surface area contributed by atoms with Gasteiger partial charge in [-0.25, -0.2) is 0 Å². The van der Waals surface area contributed by atoms with Gasteiger partial charge >= 0.3 is 6.18 Å². The molecule has 0 aliphatic rings. The maximum absolute atomic E-state index is 13.7. The van der Waals surface area contributed by atoms with Crippen molar-refractivity contribution in [1.82, 2.24) is 0 Å². The second kappa shape index (κ2) is 8.36. The molecule has 4 nitrogen and oxygen atoms in total. The van der Waals surface area contributed by atoms with E-state index in [2.05, 4.69) is 0 Å². The van der Waals surface area contributed by atoms with Crippen LogP contribution in [0, 0.1) is 10.8 Å². The number of hydrogen-bond acceptors (Lipinski definition) is 2. The van der Waals surface area contributed by atoms with E-state index in [1.807, 2.05) is 0 Å². The number of amidine groups is 2.